The summed E-state index contributed by atoms with van der Waals surface area (Å²) in [6.45, 7) is 0. The molecule has 0 unspecified atom stereocenters. The molecule has 0 spiro atoms. The highest BCUT2D eigenvalue weighted by Crippen LogP contribution is 1.94. The van der Waals surface area contributed by atoms with Crippen molar-refractivity contribution in [1.29, 1.82) is 5.26 Å². The first-order valence-corrected chi connectivity index (χ1v) is 2.14. The molecule has 0 bridgehead atoms. The highest BCUT2D eigenvalue weighted by molar-refractivity contribution is 5.39. The first kappa shape index (κ1) is 5.44. The summed E-state index contributed by atoms with van der Waals surface area (Å²) in [5, 5.41) is 20.3. The maximum atomic E-state index is 8.06. The zero-order chi connectivity index (χ0) is 6.53. The molecule has 5 nitrogen and oxygen atoms in total. The monoisotopic (exact) mass is 120 g/mol. The van der Waals surface area contributed by atoms with Gasteiger partial charge in [0.1, 0.15) is 6.20 Å². The first-order chi connectivity index (χ1) is 4.43. The van der Waals surface area contributed by atoms with Gasteiger partial charge in [-0.2, -0.15) is 5.26 Å². The van der Waals surface area contributed by atoms with Crippen LogP contribution in [0.5, 0.6) is 0 Å². The van der Waals surface area contributed by atoms with Gasteiger partial charge in [0, 0.05) is 0 Å². The lowest BCUT2D eigenvalue weighted by Crippen LogP contribution is -1.91. The molecular weight excluding hydrogens is 118 g/mol. The average Bonchev–Trinajstić information content (AvgIpc) is 1.91. The molecule has 0 saturated carbocycles. The summed E-state index contributed by atoms with van der Waals surface area (Å²) in [7, 11) is 0. The Hall–Kier alpha value is -1.70. The van der Waals surface area contributed by atoms with Crippen molar-refractivity contribution in [2.75, 3.05) is 5.32 Å². The highest BCUT2D eigenvalue weighted by atomic mass is 15.3. The van der Waals surface area contributed by atoms with Crippen molar-refractivity contribution >= 4 is 5.69 Å². The second kappa shape index (κ2) is 2.57. The smallest absolute Gasteiger partial charge is 0.181 e. The topological polar surface area (TPSA) is 74.5 Å². The van der Waals surface area contributed by atoms with Crippen molar-refractivity contribution in [2.45, 2.75) is 0 Å². The molecule has 0 fully saturated rings. The van der Waals surface area contributed by atoms with Crippen LogP contribution in [0.3, 0.4) is 0 Å². The first-order valence-electron chi connectivity index (χ1n) is 2.14. The van der Waals surface area contributed by atoms with Gasteiger partial charge < -0.3 is 0 Å². The van der Waals surface area contributed by atoms with E-state index in [4.69, 9.17) is 5.26 Å². The molecule has 1 N–H and O–H groups in total. The van der Waals surface area contributed by atoms with Crippen LogP contribution in [-0.2, 0) is 0 Å². The van der Waals surface area contributed by atoms with Gasteiger partial charge in [0.15, 0.2) is 6.19 Å². The lowest BCUT2D eigenvalue weighted by atomic mass is 10.6. The summed E-state index contributed by atoms with van der Waals surface area (Å²) >= 11 is 0. The maximum Gasteiger partial charge on any atom is 0.181 e. The molecule has 0 saturated heterocycles. The van der Waals surface area contributed by atoms with Crippen molar-refractivity contribution in [3.05, 3.63) is 12.4 Å². The minimum Gasteiger partial charge on any atom is -0.289 e. The molecule has 0 atom stereocenters. The molecule has 9 heavy (non-hydrogen) atoms. The second-order valence-corrected chi connectivity index (χ2v) is 1.20. The van der Waals surface area contributed by atoms with E-state index in [1.807, 2.05) is 0 Å². The summed E-state index contributed by atoms with van der Waals surface area (Å²) in [4.78, 5) is 0. The number of nitriles is 1. The standard InChI is InChI=1S/C4H2N5/c5-3-6-4-1-7-9-8-2-4/h1H,(H,6,9). The summed E-state index contributed by atoms with van der Waals surface area (Å²) in [5.41, 5.74) is 0.424. The predicted molar refractivity (Wildman–Crippen MR) is 27.9 cm³/mol. The van der Waals surface area contributed by atoms with Gasteiger partial charge in [0.05, 0.1) is 11.9 Å². The summed E-state index contributed by atoms with van der Waals surface area (Å²) in [5.74, 6) is 0. The van der Waals surface area contributed by atoms with Gasteiger partial charge in [0.2, 0.25) is 0 Å². The molecular formula is C4H2N5. The van der Waals surface area contributed by atoms with Crippen LogP contribution in [0.2, 0.25) is 0 Å². The lowest BCUT2D eigenvalue weighted by Gasteiger charge is -1.87. The molecule has 0 aliphatic carbocycles. The highest BCUT2D eigenvalue weighted by Gasteiger charge is 1.86. The summed E-state index contributed by atoms with van der Waals surface area (Å²) < 4.78 is 0. The van der Waals surface area contributed by atoms with Gasteiger partial charge in [-0.1, -0.05) is 0 Å². The van der Waals surface area contributed by atoms with Crippen molar-refractivity contribution in [1.82, 2.24) is 15.4 Å². The van der Waals surface area contributed by atoms with Crippen molar-refractivity contribution in [2.24, 2.45) is 0 Å². The average molecular weight is 120 g/mol. The zero-order valence-corrected chi connectivity index (χ0v) is 4.37. The molecule has 0 aliphatic rings. The van der Waals surface area contributed by atoms with Crippen LogP contribution in [0.15, 0.2) is 6.20 Å². The molecule has 43 valence electrons. The number of nitrogens with one attached hydrogen (secondary N) is 1. The largest absolute Gasteiger partial charge is 0.289 e. The van der Waals surface area contributed by atoms with Gasteiger partial charge in [-0.25, -0.2) is 0 Å². The number of hydrogen-bond acceptors (Lipinski definition) is 5. The second-order valence-electron chi connectivity index (χ2n) is 1.20. The fourth-order valence-electron chi connectivity index (χ4n) is 0.335. The van der Waals surface area contributed by atoms with Crippen molar-refractivity contribution < 1.29 is 0 Å². The van der Waals surface area contributed by atoms with E-state index in [2.05, 4.69) is 26.9 Å². The number of anilines is 1. The van der Waals surface area contributed by atoms with E-state index in [9.17, 15) is 0 Å². The molecule has 1 heterocycles. The van der Waals surface area contributed by atoms with E-state index in [1.165, 1.54) is 6.20 Å². The fraction of sp³-hybridized carbons (Fsp3) is 0. The van der Waals surface area contributed by atoms with E-state index in [-0.39, 0.29) is 0 Å². The lowest BCUT2D eigenvalue weighted by molar-refractivity contribution is 0.862. The number of hydrogen-bond donors (Lipinski definition) is 1. The third-order valence-electron chi connectivity index (χ3n) is 0.644. The Balaban J connectivity index is 2.76. The molecule has 0 aromatic carbocycles. The normalized spacial score (nSPS) is 7.89. The minimum atomic E-state index is 0.424. The van der Waals surface area contributed by atoms with Gasteiger partial charge in [0.25, 0.3) is 0 Å². The van der Waals surface area contributed by atoms with Crippen LogP contribution in [0.25, 0.3) is 0 Å². The van der Waals surface area contributed by atoms with Crippen molar-refractivity contribution in [3.8, 4) is 6.19 Å². The van der Waals surface area contributed by atoms with E-state index in [0.717, 1.165) is 0 Å². The van der Waals surface area contributed by atoms with Crippen LogP contribution >= 0.6 is 0 Å². The molecule has 0 amide bonds. The molecule has 1 radical (unpaired) electrons. The Labute approximate surface area is 51.3 Å². The summed E-state index contributed by atoms with van der Waals surface area (Å²) in [6.07, 6.45) is 5.46. The Kier molecular flexibility index (Phi) is 1.55. The van der Waals surface area contributed by atoms with Crippen LogP contribution < -0.4 is 5.32 Å². The Morgan fingerprint density at radius 3 is 3.22 bits per heavy atom. The molecule has 1 rings (SSSR count). The van der Waals surface area contributed by atoms with Gasteiger partial charge in [-0.05, 0) is 5.21 Å². The maximum absolute atomic E-state index is 8.06. The predicted octanol–water partition coefficient (Wildman–Crippen LogP) is -0.435. The molecule has 1 aromatic heterocycles. The number of nitrogens with zero attached hydrogens (tertiary/aromatic N) is 4. The van der Waals surface area contributed by atoms with E-state index >= 15 is 0 Å². The van der Waals surface area contributed by atoms with E-state index in [1.54, 1.807) is 6.19 Å². The Morgan fingerprint density at radius 2 is 2.67 bits per heavy atom. The quantitative estimate of drug-likeness (QED) is 0.402. The van der Waals surface area contributed by atoms with E-state index in [0.29, 0.717) is 5.69 Å². The fourth-order valence-corrected chi connectivity index (χ4v) is 0.335. The molecule has 5 heteroatoms. The molecule has 0 aliphatic heterocycles. The minimum absolute atomic E-state index is 0.424. The Bertz CT molecular complexity index is 212. The number of rotatable bonds is 1. The van der Waals surface area contributed by atoms with Gasteiger partial charge in [-0.3, -0.25) is 5.32 Å². The SMILES string of the molecule is N#CNc1[c]nnnc1. The zero-order valence-electron chi connectivity index (χ0n) is 4.37. The molecule has 1 aromatic rings. The van der Waals surface area contributed by atoms with Crippen LogP contribution in [0, 0.1) is 17.7 Å². The Morgan fingerprint density at radius 1 is 1.78 bits per heavy atom. The van der Waals surface area contributed by atoms with Crippen molar-refractivity contribution in [3.63, 3.8) is 0 Å². The van der Waals surface area contributed by atoms with Crippen LogP contribution in [0.1, 0.15) is 0 Å². The summed E-state index contributed by atoms with van der Waals surface area (Å²) in [6, 6.07) is 0. The van der Waals surface area contributed by atoms with E-state index < -0.39 is 0 Å². The number of aromatic nitrogens is 3. The third kappa shape index (κ3) is 1.35. The van der Waals surface area contributed by atoms with Gasteiger partial charge >= 0.3 is 0 Å². The van der Waals surface area contributed by atoms with Crippen LogP contribution in [0.4, 0.5) is 5.69 Å². The third-order valence-corrected chi connectivity index (χ3v) is 0.644. The van der Waals surface area contributed by atoms with Gasteiger partial charge in [-0.15, -0.1) is 10.2 Å². The van der Waals surface area contributed by atoms with Crippen LogP contribution in [-0.4, -0.2) is 15.4 Å².